The lowest BCUT2D eigenvalue weighted by molar-refractivity contribution is 0.415. The summed E-state index contributed by atoms with van der Waals surface area (Å²) in [4.78, 5) is 0. The molecule has 2 aromatic carbocycles. The van der Waals surface area contributed by atoms with Gasteiger partial charge < -0.3 is 10.5 Å². The molecular formula is C16H19NO. The maximum atomic E-state index is 5.86. The molecule has 2 heteroatoms. The van der Waals surface area contributed by atoms with Crippen LogP contribution in [0.1, 0.15) is 25.0 Å². The maximum absolute atomic E-state index is 5.86. The van der Waals surface area contributed by atoms with Gasteiger partial charge in [-0.3, -0.25) is 0 Å². The lowest BCUT2D eigenvalue weighted by Gasteiger charge is -2.26. The fourth-order valence-corrected chi connectivity index (χ4v) is 2.12. The molecule has 0 aromatic heterocycles. The van der Waals surface area contributed by atoms with Gasteiger partial charge in [0, 0.05) is 5.41 Å². The summed E-state index contributed by atoms with van der Waals surface area (Å²) in [6.45, 7) is 4.40. The second-order valence-corrected chi connectivity index (χ2v) is 4.95. The summed E-state index contributed by atoms with van der Waals surface area (Å²) in [6.07, 6.45) is 0. The van der Waals surface area contributed by atoms with Gasteiger partial charge in [0.1, 0.15) is 5.75 Å². The molecule has 0 spiro atoms. The number of methoxy groups -OCH3 is 1. The third-order valence-corrected chi connectivity index (χ3v) is 3.45. The van der Waals surface area contributed by atoms with Crippen LogP contribution in [-0.2, 0) is 5.41 Å². The number of ether oxygens (including phenoxy) is 1. The van der Waals surface area contributed by atoms with E-state index in [-0.39, 0.29) is 5.41 Å². The van der Waals surface area contributed by atoms with Crippen molar-refractivity contribution in [1.29, 1.82) is 0 Å². The van der Waals surface area contributed by atoms with Gasteiger partial charge >= 0.3 is 0 Å². The molecule has 0 amide bonds. The molecule has 0 unspecified atom stereocenters. The van der Waals surface area contributed by atoms with E-state index in [9.17, 15) is 0 Å². The smallest absolute Gasteiger partial charge is 0.142 e. The highest BCUT2D eigenvalue weighted by molar-refractivity contribution is 5.56. The van der Waals surface area contributed by atoms with Crippen LogP contribution >= 0.6 is 0 Å². The Labute approximate surface area is 108 Å². The lowest BCUT2D eigenvalue weighted by atomic mass is 9.78. The number of nitrogens with two attached hydrogens (primary N) is 1. The average molecular weight is 241 g/mol. The van der Waals surface area contributed by atoms with Crippen molar-refractivity contribution in [1.82, 2.24) is 0 Å². The molecule has 0 aliphatic rings. The summed E-state index contributed by atoms with van der Waals surface area (Å²) in [5.74, 6) is 0.733. The number of anilines is 1. The van der Waals surface area contributed by atoms with Gasteiger partial charge in [-0.15, -0.1) is 0 Å². The molecule has 18 heavy (non-hydrogen) atoms. The second-order valence-electron chi connectivity index (χ2n) is 4.95. The zero-order valence-corrected chi connectivity index (χ0v) is 11.1. The highest BCUT2D eigenvalue weighted by Gasteiger charge is 2.23. The number of benzene rings is 2. The van der Waals surface area contributed by atoms with E-state index in [4.69, 9.17) is 10.5 Å². The largest absolute Gasteiger partial charge is 0.495 e. The Morgan fingerprint density at radius 2 is 1.61 bits per heavy atom. The van der Waals surface area contributed by atoms with E-state index in [1.807, 2.05) is 18.2 Å². The van der Waals surface area contributed by atoms with E-state index in [1.54, 1.807) is 7.11 Å². The van der Waals surface area contributed by atoms with Gasteiger partial charge in [-0.05, 0) is 23.3 Å². The van der Waals surface area contributed by atoms with Crippen LogP contribution in [0.2, 0.25) is 0 Å². The summed E-state index contributed by atoms with van der Waals surface area (Å²) in [5.41, 5.74) is 8.93. The van der Waals surface area contributed by atoms with Crippen molar-refractivity contribution in [3.8, 4) is 5.75 Å². The summed E-state index contributed by atoms with van der Waals surface area (Å²) < 4.78 is 5.29. The van der Waals surface area contributed by atoms with Crippen LogP contribution in [0.3, 0.4) is 0 Å². The van der Waals surface area contributed by atoms with Crippen molar-refractivity contribution in [2.24, 2.45) is 0 Å². The van der Waals surface area contributed by atoms with E-state index in [1.165, 1.54) is 11.1 Å². The van der Waals surface area contributed by atoms with E-state index in [0.29, 0.717) is 5.69 Å². The Kier molecular flexibility index (Phi) is 3.28. The predicted molar refractivity (Wildman–Crippen MR) is 76.0 cm³/mol. The van der Waals surface area contributed by atoms with Gasteiger partial charge in [-0.2, -0.15) is 0 Å². The first-order valence-electron chi connectivity index (χ1n) is 6.05. The maximum Gasteiger partial charge on any atom is 0.142 e. The van der Waals surface area contributed by atoms with Crippen molar-refractivity contribution in [2.45, 2.75) is 19.3 Å². The third kappa shape index (κ3) is 2.19. The summed E-state index contributed by atoms with van der Waals surface area (Å²) in [6, 6.07) is 16.4. The zero-order chi connectivity index (χ0) is 13.2. The number of hydrogen-bond acceptors (Lipinski definition) is 2. The number of hydrogen-bond donors (Lipinski definition) is 1. The molecule has 0 fully saturated rings. The van der Waals surface area contributed by atoms with E-state index < -0.39 is 0 Å². The highest BCUT2D eigenvalue weighted by atomic mass is 16.5. The molecule has 0 bridgehead atoms. The normalized spacial score (nSPS) is 11.3. The Balaban J connectivity index is 2.47. The molecule has 0 aliphatic heterocycles. The SMILES string of the molecule is COc1cc(C(C)(C)c2ccccc2)ccc1N. The first kappa shape index (κ1) is 12.5. The predicted octanol–water partition coefficient (Wildman–Crippen LogP) is 3.60. The minimum Gasteiger partial charge on any atom is -0.495 e. The van der Waals surface area contributed by atoms with Crippen LogP contribution in [0.15, 0.2) is 48.5 Å². The number of rotatable bonds is 3. The van der Waals surface area contributed by atoms with E-state index in [0.717, 1.165) is 5.75 Å². The Hall–Kier alpha value is -1.96. The Morgan fingerprint density at radius 1 is 0.944 bits per heavy atom. The molecule has 0 aliphatic carbocycles. The minimum absolute atomic E-state index is 0.0672. The third-order valence-electron chi connectivity index (χ3n) is 3.45. The molecule has 0 saturated heterocycles. The molecule has 0 heterocycles. The lowest BCUT2D eigenvalue weighted by Crippen LogP contribution is -2.18. The van der Waals surface area contributed by atoms with Crippen LogP contribution in [0.5, 0.6) is 5.75 Å². The van der Waals surface area contributed by atoms with Crippen LogP contribution < -0.4 is 10.5 Å². The van der Waals surface area contributed by atoms with Crippen LogP contribution in [0.25, 0.3) is 0 Å². The molecular weight excluding hydrogens is 222 g/mol. The summed E-state index contributed by atoms with van der Waals surface area (Å²) >= 11 is 0. The van der Waals surface area contributed by atoms with Crippen LogP contribution in [0.4, 0.5) is 5.69 Å². The molecule has 0 radical (unpaired) electrons. The van der Waals surface area contributed by atoms with E-state index >= 15 is 0 Å². The van der Waals surface area contributed by atoms with Crippen molar-refractivity contribution in [2.75, 3.05) is 12.8 Å². The first-order chi connectivity index (χ1) is 8.55. The van der Waals surface area contributed by atoms with E-state index in [2.05, 4.69) is 44.2 Å². The Morgan fingerprint density at radius 3 is 2.22 bits per heavy atom. The van der Waals surface area contributed by atoms with Gasteiger partial charge in [-0.1, -0.05) is 50.2 Å². The van der Waals surface area contributed by atoms with Crippen LogP contribution in [-0.4, -0.2) is 7.11 Å². The second kappa shape index (κ2) is 4.73. The topological polar surface area (TPSA) is 35.2 Å². The van der Waals surface area contributed by atoms with Crippen molar-refractivity contribution in [3.05, 3.63) is 59.7 Å². The van der Waals surface area contributed by atoms with Crippen molar-refractivity contribution < 1.29 is 4.74 Å². The van der Waals surface area contributed by atoms with Crippen molar-refractivity contribution >= 4 is 5.69 Å². The molecule has 94 valence electrons. The molecule has 2 aromatic rings. The molecule has 0 saturated carbocycles. The molecule has 0 atom stereocenters. The van der Waals surface area contributed by atoms with Gasteiger partial charge in [0.05, 0.1) is 12.8 Å². The summed E-state index contributed by atoms with van der Waals surface area (Å²) in [7, 11) is 1.64. The standard InChI is InChI=1S/C16H19NO/c1-16(2,12-7-5-4-6-8-12)13-9-10-14(17)15(11-13)18-3/h4-11H,17H2,1-3H3. The monoisotopic (exact) mass is 241 g/mol. The first-order valence-corrected chi connectivity index (χ1v) is 6.05. The van der Waals surface area contributed by atoms with Crippen LogP contribution in [0, 0.1) is 0 Å². The van der Waals surface area contributed by atoms with Gasteiger partial charge in [0.2, 0.25) is 0 Å². The average Bonchev–Trinajstić information content (AvgIpc) is 2.40. The number of nitrogen functional groups attached to an aromatic ring is 1. The van der Waals surface area contributed by atoms with Gasteiger partial charge in [-0.25, -0.2) is 0 Å². The molecule has 2 rings (SSSR count). The fourth-order valence-electron chi connectivity index (χ4n) is 2.12. The zero-order valence-electron chi connectivity index (χ0n) is 11.1. The minimum atomic E-state index is -0.0672. The van der Waals surface area contributed by atoms with Gasteiger partial charge in [0.25, 0.3) is 0 Å². The quantitative estimate of drug-likeness (QED) is 0.833. The molecule has 2 nitrogen and oxygen atoms in total. The highest BCUT2D eigenvalue weighted by Crippen LogP contribution is 2.34. The Bertz CT molecular complexity index is 532. The van der Waals surface area contributed by atoms with Crippen molar-refractivity contribution in [3.63, 3.8) is 0 Å². The fraction of sp³-hybridized carbons (Fsp3) is 0.250. The summed E-state index contributed by atoms with van der Waals surface area (Å²) in [5, 5.41) is 0. The molecule has 2 N–H and O–H groups in total. The van der Waals surface area contributed by atoms with Gasteiger partial charge in [0.15, 0.2) is 0 Å².